The molecule has 1 nitrogen and oxygen atoms in total. The van der Waals surface area contributed by atoms with Crippen LogP contribution in [-0.4, -0.2) is 6.54 Å². The number of nitrogens with two attached hydrogens (primary N) is 1. The predicted molar refractivity (Wildman–Crippen MR) is 79.2 cm³/mol. The Morgan fingerprint density at radius 2 is 1.47 bits per heavy atom. The Morgan fingerprint density at radius 1 is 0.941 bits per heavy atom. The van der Waals surface area contributed by atoms with Crippen molar-refractivity contribution >= 4 is 0 Å². The van der Waals surface area contributed by atoms with Crippen molar-refractivity contribution < 1.29 is 0 Å². The Kier molecular flexibility index (Phi) is 7.39. The van der Waals surface area contributed by atoms with Gasteiger partial charge in [-0.15, -0.1) is 0 Å². The maximum Gasteiger partial charge on any atom is -0.00488 e. The van der Waals surface area contributed by atoms with E-state index in [1.807, 2.05) is 0 Å². The fraction of sp³-hybridized carbons (Fsp3) is 1.00. The van der Waals surface area contributed by atoms with Gasteiger partial charge in [0.2, 0.25) is 0 Å². The highest BCUT2D eigenvalue weighted by Gasteiger charge is 2.23. The summed E-state index contributed by atoms with van der Waals surface area (Å²) in [4.78, 5) is 0. The summed E-state index contributed by atoms with van der Waals surface area (Å²) in [6.07, 6.45) is 7.84. The third kappa shape index (κ3) is 7.81. The first kappa shape index (κ1) is 17.0. The highest BCUT2D eigenvalue weighted by Crippen LogP contribution is 2.35. The first-order chi connectivity index (χ1) is 7.76. The maximum atomic E-state index is 5.81. The molecular formula is C16H35N. The van der Waals surface area contributed by atoms with Gasteiger partial charge >= 0.3 is 0 Å². The van der Waals surface area contributed by atoms with Gasteiger partial charge in [0.1, 0.15) is 0 Å². The van der Waals surface area contributed by atoms with Crippen LogP contribution in [0.4, 0.5) is 0 Å². The summed E-state index contributed by atoms with van der Waals surface area (Å²) in [5.41, 5.74) is 6.79. The minimum Gasteiger partial charge on any atom is -0.330 e. The summed E-state index contributed by atoms with van der Waals surface area (Å²) >= 11 is 0. The summed E-state index contributed by atoms with van der Waals surface area (Å²) < 4.78 is 0. The van der Waals surface area contributed by atoms with E-state index in [9.17, 15) is 0 Å². The first-order valence-corrected chi connectivity index (χ1v) is 7.46. The van der Waals surface area contributed by atoms with Gasteiger partial charge in [-0.2, -0.15) is 0 Å². The third-order valence-corrected chi connectivity index (χ3v) is 4.42. The van der Waals surface area contributed by atoms with E-state index in [-0.39, 0.29) is 0 Å². The average molecular weight is 241 g/mol. The molecule has 0 spiro atoms. The van der Waals surface area contributed by atoms with Crippen molar-refractivity contribution in [3.63, 3.8) is 0 Å². The van der Waals surface area contributed by atoms with Crippen LogP contribution in [-0.2, 0) is 0 Å². The molecule has 1 atom stereocenters. The fourth-order valence-corrected chi connectivity index (χ4v) is 2.50. The zero-order chi connectivity index (χ0) is 13.5. The molecule has 0 aliphatic rings. The van der Waals surface area contributed by atoms with Gasteiger partial charge in [-0.1, -0.05) is 60.8 Å². The molecule has 1 unspecified atom stereocenters. The van der Waals surface area contributed by atoms with Crippen LogP contribution in [0.3, 0.4) is 0 Å². The van der Waals surface area contributed by atoms with Crippen LogP contribution in [0.5, 0.6) is 0 Å². The zero-order valence-corrected chi connectivity index (χ0v) is 13.1. The molecule has 1 heteroatoms. The standard InChI is InChI=1S/C16H35N/c1-7-14(13-17)12-16(5,6)11-9-10-15(3,4)8-2/h14H,7-13,17H2,1-6H3. The molecule has 0 amide bonds. The fourth-order valence-electron chi connectivity index (χ4n) is 2.50. The zero-order valence-electron chi connectivity index (χ0n) is 13.1. The quantitative estimate of drug-likeness (QED) is 0.604. The molecule has 0 heterocycles. The van der Waals surface area contributed by atoms with Crippen molar-refractivity contribution in [1.82, 2.24) is 0 Å². The molecule has 0 bridgehead atoms. The summed E-state index contributed by atoms with van der Waals surface area (Å²) in [5, 5.41) is 0. The second-order valence-electron chi connectivity index (χ2n) is 7.25. The SMILES string of the molecule is CCC(CN)CC(C)(C)CCCC(C)(C)CC. The van der Waals surface area contributed by atoms with Gasteiger partial charge in [-0.05, 0) is 42.6 Å². The van der Waals surface area contributed by atoms with E-state index < -0.39 is 0 Å². The van der Waals surface area contributed by atoms with Gasteiger partial charge in [0.05, 0.1) is 0 Å². The molecule has 0 aliphatic carbocycles. The Hall–Kier alpha value is -0.0400. The van der Waals surface area contributed by atoms with Gasteiger partial charge in [-0.25, -0.2) is 0 Å². The smallest absolute Gasteiger partial charge is 0.00488 e. The Bertz CT molecular complexity index is 190. The van der Waals surface area contributed by atoms with Crippen LogP contribution >= 0.6 is 0 Å². The van der Waals surface area contributed by atoms with Crippen LogP contribution in [0.25, 0.3) is 0 Å². The summed E-state index contributed by atoms with van der Waals surface area (Å²) in [5.74, 6) is 0.712. The van der Waals surface area contributed by atoms with Gasteiger partial charge in [0.15, 0.2) is 0 Å². The summed E-state index contributed by atoms with van der Waals surface area (Å²) in [6, 6.07) is 0. The lowest BCUT2D eigenvalue weighted by atomic mass is 9.76. The van der Waals surface area contributed by atoms with Gasteiger partial charge in [0.25, 0.3) is 0 Å². The Morgan fingerprint density at radius 3 is 1.88 bits per heavy atom. The largest absolute Gasteiger partial charge is 0.330 e. The molecule has 2 N–H and O–H groups in total. The topological polar surface area (TPSA) is 26.0 Å². The molecule has 0 aliphatic heterocycles. The van der Waals surface area contributed by atoms with E-state index in [0.717, 1.165) is 6.54 Å². The lowest BCUT2D eigenvalue weighted by Crippen LogP contribution is -2.23. The molecule has 0 radical (unpaired) electrons. The van der Waals surface area contributed by atoms with Gasteiger partial charge in [-0.3, -0.25) is 0 Å². The molecule has 0 fully saturated rings. The molecule has 0 rings (SSSR count). The van der Waals surface area contributed by atoms with Crippen LogP contribution in [0.2, 0.25) is 0 Å². The van der Waals surface area contributed by atoms with Crippen molar-refractivity contribution in [2.75, 3.05) is 6.54 Å². The lowest BCUT2D eigenvalue weighted by Gasteiger charge is -2.31. The molecule has 17 heavy (non-hydrogen) atoms. The monoisotopic (exact) mass is 241 g/mol. The van der Waals surface area contributed by atoms with Crippen LogP contribution in [0, 0.1) is 16.7 Å². The number of hydrogen-bond acceptors (Lipinski definition) is 1. The van der Waals surface area contributed by atoms with E-state index in [0.29, 0.717) is 16.7 Å². The molecule has 0 aromatic carbocycles. The molecule has 104 valence electrons. The van der Waals surface area contributed by atoms with Crippen LogP contribution in [0.15, 0.2) is 0 Å². The second-order valence-corrected chi connectivity index (χ2v) is 7.25. The normalized spacial score (nSPS) is 15.0. The molecule has 0 aromatic heterocycles. The highest BCUT2D eigenvalue weighted by atomic mass is 14.5. The minimum absolute atomic E-state index is 0.462. The second kappa shape index (κ2) is 7.41. The van der Waals surface area contributed by atoms with E-state index >= 15 is 0 Å². The lowest BCUT2D eigenvalue weighted by molar-refractivity contribution is 0.217. The van der Waals surface area contributed by atoms with E-state index in [2.05, 4.69) is 41.5 Å². The van der Waals surface area contributed by atoms with Gasteiger partial charge < -0.3 is 5.73 Å². The summed E-state index contributed by atoms with van der Waals surface area (Å²) in [7, 11) is 0. The van der Waals surface area contributed by atoms with E-state index in [4.69, 9.17) is 5.73 Å². The molecular weight excluding hydrogens is 206 g/mol. The molecule has 0 saturated carbocycles. The highest BCUT2D eigenvalue weighted by molar-refractivity contribution is 4.75. The first-order valence-electron chi connectivity index (χ1n) is 7.46. The molecule has 0 saturated heterocycles. The number of hydrogen-bond donors (Lipinski definition) is 1. The van der Waals surface area contributed by atoms with Crippen LogP contribution in [0.1, 0.15) is 80.1 Å². The molecule has 0 aromatic rings. The Balaban J connectivity index is 4.01. The van der Waals surface area contributed by atoms with Crippen LogP contribution < -0.4 is 5.73 Å². The van der Waals surface area contributed by atoms with Gasteiger partial charge in [0, 0.05) is 0 Å². The van der Waals surface area contributed by atoms with Crippen molar-refractivity contribution in [1.29, 1.82) is 0 Å². The average Bonchev–Trinajstić information content (AvgIpc) is 2.25. The number of rotatable bonds is 9. The van der Waals surface area contributed by atoms with E-state index in [1.165, 1.54) is 38.5 Å². The van der Waals surface area contributed by atoms with E-state index in [1.54, 1.807) is 0 Å². The summed E-state index contributed by atoms with van der Waals surface area (Å²) in [6.45, 7) is 15.0. The Labute approximate surface area is 110 Å². The maximum absolute atomic E-state index is 5.81. The van der Waals surface area contributed by atoms with Crippen molar-refractivity contribution in [2.24, 2.45) is 22.5 Å². The predicted octanol–water partition coefficient (Wildman–Crippen LogP) is 4.99. The van der Waals surface area contributed by atoms with Crippen molar-refractivity contribution in [3.05, 3.63) is 0 Å². The van der Waals surface area contributed by atoms with Crippen molar-refractivity contribution in [2.45, 2.75) is 80.1 Å². The van der Waals surface area contributed by atoms with Crippen molar-refractivity contribution in [3.8, 4) is 0 Å². The minimum atomic E-state index is 0.462. The third-order valence-electron chi connectivity index (χ3n) is 4.42.